The molecule has 1 atom stereocenters. The summed E-state index contributed by atoms with van der Waals surface area (Å²) < 4.78 is 7.31. The summed E-state index contributed by atoms with van der Waals surface area (Å²) in [7, 11) is 0. The molecule has 4 rings (SSSR count). The normalized spacial score (nSPS) is 19.0. The minimum atomic E-state index is -0.0767. The number of carbonyl (C=O) groups excluding carboxylic acids is 2. The van der Waals surface area contributed by atoms with Gasteiger partial charge in [0.25, 0.3) is 5.91 Å². The Bertz CT molecular complexity index is 917. The van der Waals surface area contributed by atoms with E-state index in [4.69, 9.17) is 4.74 Å². The summed E-state index contributed by atoms with van der Waals surface area (Å²) in [6.45, 7) is 7.30. The van der Waals surface area contributed by atoms with Gasteiger partial charge < -0.3 is 19.5 Å². The highest BCUT2D eigenvalue weighted by Gasteiger charge is 2.26. The predicted molar refractivity (Wildman–Crippen MR) is 106 cm³/mol. The minimum Gasteiger partial charge on any atom is -0.381 e. The van der Waals surface area contributed by atoms with Crippen LogP contribution in [0.2, 0.25) is 0 Å². The van der Waals surface area contributed by atoms with Crippen molar-refractivity contribution in [1.82, 2.24) is 25.0 Å². The quantitative estimate of drug-likeness (QED) is 0.839. The fourth-order valence-electron chi connectivity index (χ4n) is 3.92. The summed E-state index contributed by atoms with van der Waals surface area (Å²) in [5, 5.41) is 11.5. The van der Waals surface area contributed by atoms with E-state index in [9.17, 15) is 9.59 Å². The highest BCUT2D eigenvalue weighted by Crippen LogP contribution is 2.18. The molecule has 1 N–H and O–H groups in total. The van der Waals surface area contributed by atoms with Crippen LogP contribution in [-0.2, 0) is 29.0 Å². The van der Waals surface area contributed by atoms with Crippen LogP contribution in [0.25, 0.3) is 0 Å². The molecular formula is C21H27N5O3. The van der Waals surface area contributed by atoms with Crippen molar-refractivity contribution in [3.63, 3.8) is 0 Å². The van der Waals surface area contributed by atoms with E-state index in [1.54, 1.807) is 0 Å². The average molecular weight is 397 g/mol. The van der Waals surface area contributed by atoms with Crippen LogP contribution >= 0.6 is 0 Å². The zero-order valence-corrected chi connectivity index (χ0v) is 17.0. The van der Waals surface area contributed by atoms with E-state index in [1.165, 1.54) is 0 Å². The molecule has 29 heavy (non-hydrogen) atoms. The van der Waals surface area contributed by atoms with Gasteiger partial charge in [0.05, 0.1) is 19.1 Å². The Morgan fingerprint density at radius 3 is 2.86 bits per heavy atom. The molecule has 2 aliphatic heterocycles. The van der Waals surface area contributed by atoms with E-state index in [0.29, 0.717) is 45.8 Å². The van der Waals surface area contributed by atoms with Crippen molar-refractivity contribution < 1.29 is 14.3 Å². The van der Waals surface area contributed by atoms with Crippen LogP contribution in [-0.4, -0.2) is 57.8 Å². The number of fused-ring (bicyclic) bond motifs is 1. The molecule has 2 amide bonds. The van der Waals surface area contributed by atoms with Crippen LogP contribution < -0.4 is 5.32 Å². The van der Waals surface area contributed by atoms with Gasteiger partial charge in [-0.3, -0.25) is 9.59 Å². The molecule has 8 heteroatoms. The van der Waals surface area contributed by atoms with Gasteiger partial charge in [0, 0.05) is 38.2 Å². The van der Waals surface area contributed by atoms with Gasteiger partial charge in [-0.2, -0.15) is 0 Å². The van der Waals surface area contributed by atoms with E-state index in [0.717, 1.165) is 34.8 Å². The largest absolute Gasteiger partial charge is 0.381 e. The molecule has 0 unspecified atom stereocenters. The maximum atomic E-state index is 13.1. The number of aryl methyl sites for hydroxylation is 1. The van der Waals surface area contributed by atoms with Crippen molar-refractivity contribution in [3.8, 4) is 0 Å². The molecule has 0 aliphatic carbocycles. The second-order valence-electron chi connectivity index (χ2n) is 7.75. The minimum absolute atomic E-state index is 0.000184. The molecule has 1 fully saturated rings. The molecule has 1 saturated heterocycles. The number of aromatic nitrogens is 3. The van der Waals surface area contributed by atoms with Crippen molar-refractivity contribution in [2.24, 2.45) is 5.92 Å². The maximum Gasteiger partial charge on any atom is 0.254 e. The Hall–Kier alpha value is -2.74. The average Bonchev–Trinajstić information content (AvgIpc) is 3.34. The molecule has 0 radical (unpaired) electrons. The van der Waals surface area contributed by atoms with Crippen molar-refractivity contribution in [3.05, 3.63) is 46.5 Å². The first-order valence-corrected chi connectivity index (χ1v) is 10.2. The number of amides is 2. The summed E-state index contributed by atoms with van der Waals surface area (Å²) >= 11 is 0. The number of carbonyl (C=O) groups is 2. The third-order valence-corrected chi connectivity index (χ3v) is 5.95. The SMILES string of the molecule is Cc1cccc(C(=O)N2CCc3nnc(CNC(=O)[C@H]4CCOC4)n3CC2)c1C. The van der Waals surface area contributed by atoms with Crippen molar-refractivity contribution >= 4 is 11.8 Å². The third kappa shape index (κ3) is 4.03. The van der Waals surface area contributed by atoms with Gasteiger partial charge in [-0.15, -0.1) is 10.2 Å². The number of ether oxygens (including phenoxy) is 1. The first kappa shape index (κ1) is 19.6. The summed E-state index contributed by atoms with van der Waals surface area (Å²) in [6, 6.07) is 5.84. The van der Waals surface area contributed by atoms with Crippen molar-refractivity contribution in [2.75, 3.05) is 26.3 Å². The maximum absolute atomic E-state index is 13.1. The van der Waals surface area contributed by atoms with Crippen LogP contribution in [0.5, 0.6) is 0 Å². The number of nitrogens with zero attached hydrogens (tertiary/aromatic N) is 4. The summed E-state index contributed by atoms with van der Waals surface area (Å²) in [5.41, 5.74) is 2.91. The lowest BCUT2D eigenvalue weighted by molar-refractivity contribution is -0.125. The highest BCUT2D eigenvalue weighted by atomic mass is 16.5. The van der Waals surface area contributed by atoms with Crippen LogP contribution in [0.1, 0.15) is 39.6 Å². The van der Waals surface area contributed by atoms with Crippen LogP contribution in [0.3, 0.4) is 0 Å². The smallest absolute Gasteiger partial charge is 0.254 e. The zero-order valence-electron chi connectivity index (χ0n) is 17.0. The van der Waals surface area contributed by atoms with Gasteiger partial charge in [-0.05, 0) is 37.5 Å². The molecule has 0 saturated carbocycles. The number of benzene rings is 1. The molecule has 2 aliphatic rings. The first-order chi connectivity index (χ1) is 14.0. The molecule has 0 spiro atoms. The second kappa shape index (κ2) is 8.32. The van der Waals surface area contributed by atoms with E-state index in [-0.39, 0.29) is 17.7 Å². The molecule has 154 valence electrons. The van der Waals surface area contributed by atoms with Gasteiger partial charge >= 0.3 is 0 Å². The summed E-state index contributed by atoms with van der Waals surface area (Å²) in [4.78, 5) is 27.2. The molecule has 8 nitrogen and oxygen atoms in total. The molecular weight excluding hydrogens is 370 g/mol. The van der Waals surface area contributed by atoms with Gasteiger partial charge in [-0.25, -0.2) is 0 Å². The number of hydrogen-bond donors (Lipinski definition) is 1. The van der Waals surface area contributed by atoms with Crippen LogP contribution in [0.4, 0.5) is 0 Å². The Balaban J connectivity index is 1.41. The van der Waals surface area contributed by atoms with Gasteiger partial charge in [0.2, 0.25) is 5.91 Å². The second-order valence-corrected chi connectivity index (χ2v) is 7.75. The fourth-order valence-corrected chi connectivity index (χ4v) is 3.92. The van der Waals surface area contributed by atoms with E-state index in [1.807, 2.05) is 41.5 Å². The monoisotopic (exact) mass is 397 g/mol. The molecule has 2 aromatic rings. The van der Waals surface area contributed by atoms with Gasteiger partial charge in [-0.1, -0.05) is 12.1 Å². The predicted octanol–water partition coefficient (Wildman–Crippen LogP) is 1.25. The van der Waals surface area contributed by atoms with Crippen molar-refractivity contribution in [2.45, 2.75) is 39.8 Å². The molecule has 0 bridgehead atoms. The topological polar surface area (TPSA) is 89.3 Å². The Morgan fingerprint density at radius 2 is 2.07 bits per heavy atom. The van der Waals surface area contributed by atoms with Crippen LogP contribution in [0.15, 0.2) is 18.2 Å². The summed E-state index contributed by atoms with van der Waals surface area (Å²) in [6.07, 6.45) is 1.41. The Kier molecular flexibility index (Phi) is 5.62. The lowest BCUT2D eigenvalue weighted by Gasteiger charge is -2.21. The third-order valence-electron chi connectivity index (χ3n) is 5.95. The molecule has 3 heterocycles. The summed E-state index contributed by atoms with van der Waals surface area (Å²) in [5.74, 6) is 1.57. The molecule has 1 aromatic carbocycles. The van der Waals surface area contributed by atoms with Gasteiger partial charge in [0.1, 0.15) is 5.82 Å². The van der Waals surface area contributed by atoms with Crippen LogP contribution in [0, 0.1) is 19.8 Å². The number of hydrogen-bond acceptors (Lipinski definition) is 5. The van der Waals surface area contributed by atoms with Gasteiger partial charge in [0.15, 0.2) is 5.82 Å². The lowest BCUT2D eigenvalue weighted by Crippen LogP contribution is -2.34. The highest BCUT2D eigenvalue weighted by molar-refractivity contribution is 5.96. The van der Waals surface area contributed by atoms with E-state index in [2.05, 4.69) is 15.5 Å². The number of rotatable bonds is 4. The Labute approximate surface area is 170 Å². The zero-order chi connectivity index (χ0) is 20.4. The molecule has 1 aromatic heterocycles. The standard InChI is InChI=1S/C21H27N5O3/c1-14-4-3-5-17(15(14)2)21(28)25-8-6-18-23-24-19(26(18)10-9-25)12-22-20(27)16-7-11-29-13-16/h3-5,16H,6-13H2,1-2H3,(H,22,27)/t16-/m0/s1. The Morgan fingerprint density at radius 1 is 1.21 bits per heavy atom. The lowest BCUT2D eigenvalue weighted by atomic mass is 10.0. The fraction of sp³-hybridized carbons (Fsp3) is 0.524. The first-order valence-electron chi connectivity index (χ1n) is 10.2. The van der Waals surface area contributed by atoms with E-state index < -0.39 is 0 Å². The van der Waals surface area contributed by atoms with Crippen molar-refractivity contribution in [1.29, 1.82) is 0 Å². The number of nitrogens with one attached hydrogen (secondary N) is 1. The van der Waals surface area contributed by atoms with E-state index >= 15 is 0 Å².